The summed E-state index contributed by atoms with van der Waals surface area (Å²) in [7, 11) is 0. The summed E-state index contributed by atoms with van der Waals surface area (Å²) in [5.74, 6) is -3.30. The first kappa shape index (κ1) is 27.5. The molecule has 2 atom stereocenters. The minimum atomic E-state index is -0.779. The lowest BCUT2D eigenvalue weighted by Gasteiger charge is -2.26. The Morgan fingerprint density at radius 2 is 1.35 bits per heavy atom. The Morgan fingerprint density at radius 3 is 1.89 bits per heavy atom. The summed E-state index contributed by atoms with van der Waals surface area (Å²) in [5, 5.41) is 0. The molecule has 0 aliphatic heterocycles. The van der Waals surface area contributed by atoms with Crippen LogP contribution in [0.25, 0.3) is 0 Å². The topological polar surface area (TPSA) is 78.9 Å². The van der Waals surface area contributed by atoms with Crippen LogP contribution in [0, 0.1) is 17.6 Å². The van der Waals surface area contributed by atoms with Gasteiger partial charge in [0.1, 0.15) is 23.5 Å². The first-order chi connectivity index (χ1) is 17.7. The number of benzene rings is 3. The van der Waals surface area contributed by atoms with E-state index in [0.717, 1.165) is 0 Å². The maximum absolute atomic E-state index is 13.5. The summed E-state index contributed by atoms with van der Waals surface area (Å²) in [4.78, 5) is 36.8. The first-order valence-electron chi connectivity index (χ1n) is 11.8. The van der Waals surface area contributed by atoms with Crippen molar-refractivity contribution in [1.82, 2.24) is 0 Å². The summed E-state index contributed by atoms with van der Waals surface area (Å²) >= 11 is 0. The van der Waals surface area contributed by atoms with Crippen LogP contribution in [0.4, 0.5) is 8.78 Å². The van der Waals surface area contributed by atoms with E-state index in [-0.39, 0.29) is 30.3 Å². The molecule has 0 aliphatic rings. The van der Waals surface area contributed by atoms with Gasteiger partial charge in [0.15, 0.2) is 5.78 Å². The molecule has 0 spiro atoms. The number of carbonyl (C=O) groups excluding carboxylic acids is 3. The smallest absolute Gasteiger partial charge is 0.309 e. The van der Waals surface area contributed by atoms with Crippen molar-refractivity contribution < 1.29 is 37.4 Å². The normalized spacial score (nSPS) is 12.5. The van der Waals surface area contributed by atoms with E-state index >= 15 is 0 Å². The predicted molar refractivity (Wildman–Crippen MR) is 132 cm³/mol. The third-order valence-electron chi connectivity index (χ3n) is 5.79. The fourth-order valence-electron chi connectivity index (χ4n) is 3.91. The molecule has 0 unspecified atom stereocenters. The molecular formula is C29H28F2O6. The highest BCUT2D eigenvalue weighted by atomic mass is 19.1. The number of esters is 2. The quantitative estimate of drug-likeness (QED) is 0.183. The van der Waals surface area contributed by atoms with Crippen LogP contribution in [0.15, 0.2) is 72.8 Å². The molecule has 0 saturated heterocycles. The fraction of sp³-hybridized carbons (Fsp3) is 0.276. The molecule has 0 amide bonds. The van der Waals surface area contributed by atoms with Gasteiger partial charge in [0.25, 0.3) is 0 Å². The molecule has 0 fully saturated rings. The average Bonchev–Trinajstić information content (AvgIpc) is 2.86. The second-order valence-corrected chi connectivity index (χ2v) is 8.65. The number of ketones is 1. The molecule has 0 radical (unpaired) electrons. The van der Waals surface area contributed by atoms with E-state index in [2.05, 4.69) is 0 Å². The van der Waals surface area contributed by atoms with Crippen molar-refractivity contribution in [1.29, 1.82) is 0 Å². The minimum absolute atomic E-state index is 0.142. The van der Waals surface area contributed by atoms with Crippen LogP contribution in [0.3, 0.4) is 0 Å². The number of carbonyl (C=O) groups is 3. The minimum Gasteiger partial charge on any atom is -0.461 e. The zero-order chi connectivity index (χ0) is 26.9. The Morgan fingerprint density at radius 1 is 0.811 bits per heavy atom. The lowest BCUT2D eigenvalue weighted by molar-refractivity contribution is -0.153. The predicted octanol–water partition coefficient (Wildman–Crippen LogP) is 5.84. The molecule has 194 valence electrons. The summed E-state index contributed by atoms with van der Waals surface area (Å²) < 4.78 is 42.9. The van der Waals surface area contributed by atoms with Gasteiger partial charge in [-0.15, -0.1) is 0 Å². The third kappa shape index (κ3) is 7.70. The zero-order valence-electron chi connectivity index (χ0n) is 20.8. The molecule has 6 nitrogen and oxygen atoms in total. The van der Waals surface area contributed by atoms with E-state index in [1.165, 1.54) is 31.2 Å². The number of rotatable bonds is 11. The van der Waals surface area contributed by atoms with Gasteiger partial charge in [-0.3, -0.25) is 14.4 Å². The van der Waals surface area contributed by atoms with Gasteiger partial charge in [-0.1, -0.05) is 43.3 Å². The van der Waals surface area contributed by atoms with Crippen LogP contribution in [0.2, 0.25) is 0 Å². The van der Waals surface area contributed by atoms with E-state index in [9.17, 15) is 23.2 Å². The van der Waals surface area contributed by atoms with E-state index in [1.807, 2.05) is 0 Å². The van der Waals surface area contributed by atoms with Crippen molar-refractivity contribution >= 4 is 17.7 Å². The van der Waals surface area contributed by atoms with Gasteiger partial charge in [-0.25, -0.2) is 8.78 Å². The largest absolute Gasteiger partial charge is 0.461 e. The molecule has 0 saturated carbocycles. The molecule has 0 N–H and O–H groups in total. The molecule has 0 heterocycles. The van der Waals surface area contributed by atoms with Gasteiger partial charge in [-0.2, -0.15) is 0 Å². The van der Waals surface area contributed by atoms with Crippen molar-refractivity contribution in [3.8, 4) is 5.75 Å². The van der Waals surface area contributed by atoms with Crippen LogP contribution in [-0.2, 0) is 19.1 Å². The molecule has 0 aromatic heterocycles. The highest BCUT2D eigenvalue weighted by Crippen LogP contribution is 2.31. The molecule has 0 aliphatic carbocycles. The number of Topliss-reactive ketones (excluding diaryl/α,β-unsaturated/α-hetero) is 1. The van der Waals surface area contributed by atoms with Gasteiger partial charge in [-0.05, 0) is 54.4 Å². The fourth-order valence-corrected chi connectivity index (χ4v) is 3.91. The SMILES string of the molecule is CC(=O)OCOc1ccccc1C(=O)C[C@@H](C)C(=O)O[C@@H](C)C(c1ccc(F)cc1)c1ccc(F)cc1. The Balaban J connectivity index is 1.71. The van der Waals surface area contributed by atoms with Crippen LogP contribution < -0.4 is 4.74 Å². The highest BCUT2D eigenvalue weighted by molar-refractivity contribution is 6.00. The van der Waals surface area contributed by atoms with Gasteiger partial charge < -0.3 is 14.2 Å². The highest BCUT2D eigenvalue weighted by Gasteiger charge is 2.28. The van der Waals surface area contributed by atoms with Crippen LogP contribution in [-0.4, -0.2) is 30.6 Å². The van der Waals surface area contributed by atoms with Gasteiger partial charge in [0, 0.05) is 19.3 Å². The zero-order valence-corrected chi connectivity index (χ0v) is 20.8. The monoisotopic (exact) mass is 510 g/mol. The van der Waals surface area contributed by atoms with Gasteiger partial charge in [0.2, 0.25) is 6.79 Å². The molecule has 3 aromatic rings. The maximum Gasteiger partial charge on any atom is 0.309 e. The lowest BCUT2D eigenvalue weighted by atomic mass is 9.87. The lowest BCUT2D eigenvalue weighted by Crippen LogP contribution is -2.28. The Labute approximate surface area is 214 Å². The standard InChI is InChI=1S/C29H28F2O6/c1-18(16-26(33)25-6-4-5-7-27(25)36-17-35-20(3)32)29(34)37-19(2)28(21-8-12-23(30)13-9-21)22-10-14-24(31)15-11-22/h4-15,18-19,28H,16-17H2,1-3H3/t18-,19+/m1/s1. The summed E-state index contributed by atoms with van der Waals surface area (Å²) in [6.07, 6.45) is -0.836. The van der Waals surface area contributed by atoms with Crippen LogP contribution in [0.5, 0.6) is 5.75 Å². The summed E-state index contributed by atoms with van der Waals surface area (Å²) in [6.45, 7) is 4.18. The van der Waals surface area contributed by atoms with Gasteiger partial charge in [0.05, 0.1) is 11.5 Å². The second-order valence-electron chi connectivity index (χ2n) is 8.65. The summed E-state index contributed by atoms with van der Waals surface area (Å²) in [6, 6.07) is 18.1. The second kappa shape index (κ2) is 12.8. The van der Waals surface area contributed by atoms with E-state index in [0.29, 0.717) is 11.1 Å². The van der Waals surface area contributed by atoms with Crippen molar-refractivity contribution in [2.45, 2.75) is 39.2 Å². The van der Waals surface area contributed by atoms with Crippen molar-refractivity contribution in [2.24, 2.45) is 5.92 Å². The number of hydrogen-bond acceptors (Lipinski definition) is 6. The number of ether oxygens (including phenoxy) is 3. The third-order valence-corrected chi connectivity index (χ3v) is 5.79. The maximum atomic E-state index is 13.5. The average molecular weight is 511 g/mol. The summed E-state index contributed by atoms with van der Waals surface area (Å²) in [5.41, 5.74) is 1.63. The van der Waals surface area contributed by atoms with E-state index in [1.54, 1.807) is 62.4 Å². The van der Waals surface area contributed by atoms with E-state index < -0.39 is 41.5 Å². The first-order valence-corrected chi connectivity index (χ1v) is 11.8. The van der Waals surface area contributed by atoms with Crippen LogP contribution in [0.1, 0.15) is 54.6 Å². The van der Waals surface area contributed by atoms with E-state index in [4.69, 9.17) is 14.2 Å². The molecule has 3 aromatic carbocycles. The Bertz CT molecular complexity index is 1180. The van der Waals surface area contributed by atoms with Crippen molar-refractivity contribution in [3.05, 3.63) is 101 Å². The molecular weight excluding hydrogens is 482 g/mol. The number of para-hydroxylation sites is 1. The Hall–Kier alpha value is -4.07. The molecule has 8 heteroatoms. The molecule has 0 bridgehead atoms. The number of hydrogen-bond donors (Lipinski definition) is 0. The van der Waals surface area contributed by atoms with Crippen molar-refractivity contribution in [2.75, 3.05) is 6.79 Å². The van der Waals surface area contributed by atoms with Crippen molar-refractivity contribution in [3.63, 3.8) is 0 Å². The molecule has 3 rings (SSSR count). The van der Waals surface area contributed by atoms with Gasteiger partial charge >= 0.3 is 11.9 Å². The Kier molecular flexibility index (Phi) is 9.49. The number of halogens is 2. The molecule has 37 heavy (non-hydrogen) atoms. The van der Waals surface area contributed by atoms with Crippen LogP contribution >= 0.6 is 0 Å².